The number of alkyl halides is 2. The van der Waals surface area contributed by atoms with Crippen molar-refractivity contribution in [3.63, 3.8) is 0 Å². The number of ether oxygens (including phenoxy) is 1. The van der Waals surface area contributed by atoms with Gasteiger partial charge in [-0.05, 0) is 19.9 Å². The first-order chi connectivity index (χ1) is 7.00. The normalized spacial score (nSPS) is 31.1. The Morgan fingerprint density at radius 1 is 1.73 bits per heavy atom. The van der Waals surface area contributed by atoms with Crippen molar-refractivity contribution in [1.82, 2.24) is 5.32 Å². The molecule has 0 bridgehead atoms. The SMILES string of the molecule is CNC1(C(N)=O)CCC(OCC(F)F)C1. The fourth-order valence-corrected chi connectivity index (χ4v) is 1.93. The summed E-state index contributed by atoms with van der Waals surface area (Å²) < 4.78 is 28.8. The van der Waals surface area contributed by atoms with Crippen LogP contribution in [0.4, 0.5) is 8.78 Å². The fraction of sp³-hybridized carbons (Fsp3) is 0.889. The van der Waals surface area contributed by atoms with Crippen LogP contribution in [-0.4, -0.2) is 37.6 Å². The second-order valence-corrected chi connectivity index (χ2v) is 3.79. The second kappa shape index (κ2) is 4.85. The van der Waals surface area contributed by atoms with Gasteiger partial charge in [-0.2, -0.15) is 0 Å². The van der Waals surface area contributed by atoms with E-state index in [0.717, 1.165) is 0 Å². The van der Waals surface area contributed by atoms with Gasteiger partial charge in [0, 0.05) is 6.42 Å². The minimum atomic E-state index is -2.47. The van der Waals surface area contributed by atoms with Crippen molar-refractivity contribution in [3.05, 3.63) is 0 Å². The number of amides is 1. The molecule has 1 saturated carbocycles. The summed E-state index contributed by atoms with van der Waals surface area (Å²) >= 11 is 0. The molecule has 1 amide bonds. The summed E-state index contributed by atoms with van der Waals surface area (Å²) in [6.45, 7) is -0.580. The molecule has 0 aliphatic heterocycles. The average Bonchev–Trinajstić information content (AvgIpc) is 2.59. The predicted molar refractivity (Wildman–Crippen MR) is 50.6 cm³/mol. The van der Waals surface area contributed by atoms with Gasteiger partial charge in [0.05, 0.1) is 11.6 Å². The molecule has 0 aromatic heterocycles. The van der Waals surface area contributed by atoms with Crippen molar-refractivity contribution in [2.75, 3.05) is 13.7 Å². The van der Waals surface area contributed by atoms with E-state index in [2.05, 4.69) is 5.32 Å². The van der Waals surface area contributed by atoms with Gasteiger partial charge in [-0.1, -0.05) is 0 Å². The molecule has 1 aliphatic carbocycles. The van der Waals surface area contributed by atoms with Gasteiger partial charge >= 0.3 is 0 Å². The lowest BCUT2D eigenvalue weighted by molar-refractivity contribution is -0.124. The van der Waals surface area contributed by atoms with E-state index >= 15 is 0 Å². The summed E-state index contributed by atoms with van der Waals surface area (Å²) in [6, 6.07) is 0. The van der Waals surface area contributed by atoms with Crippen molar-refractivity contribution >= 4 is 5.91 Å². The van der Waals surface area contributed by atoms with Gasteiger partial charge in [0.25, 0.3) is 6.43 Å². The molecule has 3 N–H and O–H groups in total. The first kappa shape index (κ1) is 12.3. The Labute approximate surface area is 87.1 Å². The molecule has 0 radical (unpaired) electrons. The fourth-order valence-electron chi connectivity index (χ4n) is 1.93. The molecule has 2 atom stereocenters. The van der Waals surface area contributed by atoms with Gasteiger partial charge in [0.15, 0.2) is 0 Å². The van der Waals surface area contributed by atoms with Crippen LogP contribution in [0.25, 0.3) is 0 Å². The third-order valence-electron chi connectivity index (χ3n) is 2.88. The maximum absolute atomic E-state index is 11.9. The van der Waals surface area contributed by atoms with E-state index in [1.54, 1.807) is 7.05 Å². The zero-order chi connectivity index (χ0) is 11.5. The Balaban J connectivity index is 2.46. The highest BCUT2D eigenvalue weighted by atomic mass is 19.3. The van der Waals surface area contributed by atoms with E-state index in [1.165, 1.54) is 0 Å². The number of rotatable bonds is 5. The minimum Gasteiger partial charge on any atom is -0.372 e. The molecule has 15 heavy (non-hydrogen) atoms. The van der Waals surface area contributed by atoms with Crippen LogP contribution in [0.3, 0.4) is 0 Å². The number of nitrogens with one attached hydrogen (secondary N) is 1. The molecule has 88 valence electrons. The van der Waals surface area contributed by atoms with E-state index in [0.29, 0.717) is 19.3 Å². The number of likely N-dealkylation sites (N-methyl/N-ethyl adjacent to an activating group) is 1. The van der Waals surface area contributed by atoms with Crippen LogP contribution in [0.1, 0.15) is 19.3 Å². The summed E-state index contributed by atoms with van der Waals surface area (Å²) in [5.74, 6) is -0.451. The Morgan fingerprint density at radius 2 is 2.40 bits per heavy atom. The van der Waals surface area contributed by atoms with Gasteiger partial charge in [0.1, 0.15) is 6.61 Å². The predicted octanol–water partition coefficient (Wildman–Crippen LogP) is 0.264. The van der Waals surface area contributed by atoms with Crippen molar-refractivity contribution < 1.29 is 18.3 Å². The number of hydrogen-bond donors (Lipinski definition) is 2. The van der Waals surface area contributed by atoms with E-state index in [4.69, 9.17) is 10.5 Å². The van der Waals surface area contributed by atoms with E-state index < -0.39 is 24.5 Å². The summed E-state index contributed by atoms with van der Waals surface area (Å²) in [5, 5.41) is 2.85. The Kier molecular flexibility index (Phi) is 3.98. The van der Waals surface area contributed by atoms with Gasteiger partial charge in [0.2, 0.25) is 5.91 Å². The third kappa shape index (κ3) is 2.85. The topological polar surface area (TPSA) is 64.3 Å². The molecular weight excluding hydrogens is 206 g/mol. The maximum atomic E-state index is 11.9. The Bertz CT molecular complexity index is 238. The van der Waals surface area contributed by atoms with Crippen LogP contribution in [0.15, 0.2) is 0 Å². The standard InChI is InChI=1S/C9H16F2N2O2/c1-13-9(8(12)14)3-2-6(4-9)15-5-7(10)11/h6-7,13H,2-5H2,1H3,(H2,12,14). The van der Waals surface area contributed by atoms with Crippen LogP contribution in [-0.2, 0) is 9.53 Å². The molecule has 2 unspecified atom stereocenters. The molecule has 0 saturated heterocycles. The molecule has 0 heterocycles. The molecule has 4 nitrogen and oxygen atoms in total. The highest BCUT2D eigenvalue weighted by Crippen LogP contribution is 2.31. The van der Waals surface area contributed by atoms with E-state index in [1.807, 2.05) is 0 Å². The van der Waals surface area contributed by atoms with E-state index in [9.17, 15) is 13.6 Å². The summed E-state index contributed by atoms with van der Waals surface area (Å²) in [5.41, 5.74) is 4.47. The van der Waals surface area contributed by atoms with Crippen LogP contribution in [0.5, 0.6) is 0 Å². The first-order valence-corrected chi connectivity index (χ1v) is 4.89. The molecule has 6 heteroatoms. The monoisotopic (exact) mass is 222 g/mol. The summed E-state index contributed by atoms with van der Waals surface area (Å²) in [7, 11) is 1.64. The Morgan fingerprint density at radius 3 is 2.80 bits per heavy atom. The smallest absolute Gasteiger partial charge is 0.261 e. The number of carbonyl (C=O) groups excluding carboxylic acids is 1. The second-order valence-electron chi connectivity index (χ2n) is 3.79. The van der Waals surface area contributed by atoms with Gasteiger partial charge in [-0.3, -0.25) is 4.79 Å². The van der Waals surface area contributed by atoms with Gasteiger partial charge in [-0.15, -0.1) is 0 Å². The number of carbonyl (C=O) groups is 1. The van der Waals surface area contributed by atoms with Gasteiger partial charge in [-0.25, -0.2) is 8.78 Å². The molecule has 1 fully saturated rings. The number of nitrogens with two attached hydrogens (primary N) is 1. The minimum absolute atomic E-state index is 0.307. The lowest BCUT2D eigenvalue weighted by Gasteiger charge is -2.24. The van der Waals surface area contributed by atoms with Crippen LogP contribution < -0.4 is 11.1 Å². The lowest BCUT2D eigenvalue weighted by atomic mass is 9.97. The lowest BCUT2D eigenvalue weighted by Crippen LogP contribution is -2.52. The zero-order valence-electron chi connectivity index (χ0n) is 8.63. The van der Waals surface area contributed by atoms with Crippen LogP contribution >= 0.6 is 0 Å². The van der Waals surface area contributed by atoms with Gasteiger partial charge < -0.3 is 15.8 Å². The van der Waals surface area contributed by atoms with Crippen molar-refractivity contribution in [1.29, 1.82) is 0 Å². The highest BCUT2D eigenvalue weighted by Gasteiger charge is 2.43. The molecular formula is C9H16F2N2O2. The third-order valence-corrected chi connectivity index (χ3v) is 2.88. The molecule has 0 spiro atoms. The maximum Gasteiger partial charge on any atom is 0.261 e. The molecule has 0 aromatic rings. The van der Waals surface area contributed by atoms with Crippen LogP contribution in [0, 0.1) is 0 Å². The van der Waals surface area contributed by atoms with Crippen molar-refractivity contribution in [2.24, 2.45) is 5.73 Å². The summed E-state index contributed by atoms with van der Waals surface area (Å²) in [6.07, 6.45) is -1.29. The van der Waals surface area contributed by atoms with E-state index in [-0.39, 0.29) is 6.10 Å². The van der Waals surface area contributed by atoms with Crippen molar-refractivity contribution in [2.45, 2.75) is 37.3 Å². The largest absolute Gasteiger partial charge is 0.372 e. The molecule has 1 aliphatic rings. The zero-order valence-corrected chi connectivity index (χ0v) is 8.63. The number of hydrogen-bond acceptors (Lipinski definition) is 3. The number of primary amides is 1. The van der Waals surface area contributed by atoms with Crippen LogP contribution in [0.2, 0.25) is 0 Å². The first-order valence-electron chi connectivity index (χ1n) is 4.89. The summed E-state index contributed by atoms with van der Waals surface area (Å²) in [4.78, 5) is 11.2. The highest BCUT2D eigenvalue weighted by molar-refractivity contribution is 5.85. The molecule has 0 aromatic carbocycles. The molecule has 1 rings (SSSR count). The average molecular weight is 222 g/mol. The number of halogens is 2. The quantitative estimate of drug-likeness (QED) is 0.701. The Hall–Kier alpha value is -0.750. The van der Waals surface area contributed by atoms with Crippen molar-refractivity contribution in [3.8, 4) is 0 Å².